The minimum Gasteiger partial charge on any atom is -0.376 e. The second-order valence-corrected chi connectivity index (χ2v) is 4.44. The van der Waals surface area contributed by atoms with E-state index in [1.165, 1.54) is 6.07 Å². The topological polar surface area (TPSA) is 18.5 Å². The lowest BCUT2D eigenvalue weighted by Crippen LogP contribution is -2.14. The Kier molecular flexibility index (Phi) is 4.21. The van der Waals surface area contributed by atoms with Crippen LogP contribution < -0.4 is 0 Å². The van der Waals surface area contributed by atoms with Crippen LogP contribution >= 0.6 is 12.6 Å². The zero-order valence-electron chi connectivity index (χ0n) is 8.99. The Hall–Kier alpha value is -0.580. The van der Waals surface area contributed by atoms with Crippen LogP contribution in [-0.4, -0.2) is 19.3 Å². The van der Waals surface area contributed by atoms with Crippen LogP contribution in [0, 0.1) is 5.82 Å². The molecular formula is C12H15FO2S. The summed E-state index contributed by atoms with van der Waals surface area (Å²) in [4.78, 5) is 0.625. The van der Waals surface area contributed by atoms with E-state index in [1.807, 2.05) is 0 Å². The highest BCUT2D eigenvalue weighted by Gasteiger charge is 2.15. The van der Waals surface area contributed by atoms with E-state index < -0.39 is 0 Å². The van der Waals surface area contributed by atoms with Gasteiger partial charge < -0.3 is 9.47 Å². The Bertz CT molecular complexity index is 351. The molecule has 16 heavy (non-hydrogen) atoms. The van der Waals surface area contributed by atoms with Crippen molar-refractivity contribution < 1.29 is 13.9 Å². The molecule has 1 aliphatic rings. The molecule has 1 heterocycles. The average Bonchev–Trinajstić information content (AvgIpc) is 2.74. The molecule has 1 saturated heterocycles. The number of hydrogen-bond donors (Lipinski definition) is 1. The van der Waals surface area contributed by atoms with E-state index in [0.29, 0.717) is 23.7 Å². The summed E-state index contributed by atoms with van der Waals surface area (Å²) in [6, 6.07) is 4.86. The number of halogens is 1. The largest absolute Gasteiger partial charge is 0.376 e. The summed E-state index contributed by atoms with van der Waals surface area (Å²) in [6.45, 7) is 1.65. The number of hydrogen-bond acceptors (Lipinski definition) is 3. The third-order valence-electron chi connectivity index (χ3n) is 2.62. The standard InChI is InChI=1S/C12H15FO2S/c13-12-6-11(16)4-3-9(12)7-14-8-10-2-1-5-15-10/h3-4,6,10,16H,1-2,5,7-8H2/t10-/m1/s1. The van der Waals surface area contributed by atoms with Crippen molar-refractivity contribution in [3.05, 3.63) is 29.6 Å². The van der Waals surface area contributed by atoms with Gasteiger partial charge in [0.1, 0.15) is 5.82 Å². The van der Waals surface area contributed by atoms with Crippen LogP contribution in [0.3, 0.4) is 0 Å². The number of ether oxygens (including phenoxy) is 2. The average molecular weight is 242 g/mol. The summed E-state index contributed by atoms with van der Waals surface area (Å²) >= 11 is 4.06. The Morgan fingerprint density at radius 3 is 3.06 bits per heavy atom. The van der Waals surface area contributed by atoms with Gasteiger partial charge in [0.25, 0.3) is 0 Å². The monoisotopic (exact) mass is 242 g/mol. The molecule has 2 nitrogen and oxygen atoms in total. The molecule has 0 unspecified atom stereocenters. The summed E-state index contributed by atoms with van der Waals surface area (Å²) in [7, 11) is 0. The molecule has 0 N–H and O–H groups in total. The maximum absolute atomic E-state index is 13.4. The van der Waals surface area contributed by atoms with Gasteiger partial charge in [-0.05, 0) is 25.0 Å². The predicted molar refractivity (Wildman–Crippen MR) is 62.3 cm³/mol. The minimum absolute atomic E-state index is 0.187. The van der Waals surface area contributed by atoms with Gasteiger partial charge in [0, 0.05) is 17.1 Å². The highest BCUT2D eigenvalue weighted by Crippen LogP contribution is 2.16. The smallest absolute Gasteiger partial charge is 0.129 e. The minimum atomic E-state index is -0.264. The van der Waals surface area contributed by atoms with Crippen LogP contribution in [0.15, 0.2) is 23.1 Å². The molecular weight excluding hydrogens is 227 g/mol. The van der Waals surface area contributed by atoms with Crippen molar-refractivity contribution in [3.63, 3.8) is 0 Å². The van der Waals surface area contributed by atoms with Crippen LogP contribution in [0.2, 0.25) is 0 Å². The second kappa shape index (κ2) is 5.66. The lowest BCUT2D eigenvalue weighted by Gasteiger charge is -2.10. The van der Waals surface area contributed by atoms with Gasteiger partial charge in [0.2, 0.25) is 0 Å². The molecule has 0 bridgehead atoms. The molecule has 0 aromatic heterocycles. The number of rotatable bonds is 4. The number of thiol groups is 1. The maximum Gasteiger partial charge on any atom is 0.129 e. The molecule has 1 aromatic rings. The van der Waals surface area contributed by atoms with Crippen molar-refractivity contribution in [1.29, 1.82) is 0 Å². The van der Waals surface area contributed by atoms with E-state index in [4.69, 9.17) is 9.47 Å². The van der Waals surface area contributed by atoms with Gasteiger partial charge in [0.15, 0.2) is 0 Å². The van der Waals surface area contributed by atoms with Gasteiger partial charge >= 0.3 is 0 Å². The van der Waals surface area contributed by atoms with E-state index in [1.54, 1.807) is 12.1 Å². The molecule has 0 amide bonds. The Morgan fingerprint density at radius 2 is 2.38 bits per heavy atom. The fourth-order valence-corrected chi connectivity index (χ4v) is 1.92. The van der Waals surface area contributed by atoms with Crippen molar-refractivity contribution in [2.45, 2.75) is 30.4 Å². The van der Waals surface area contributed by atoms with Gasteiger partial charge in [-0.1, -0.05) is 6.07 Å². The lowest BCUT2D eigenvalue weighted by molar-refractivity contribution is 0.00981. The van der Waals surface area contributed by atoms with Gasteiger partial charge in [0.05, 0.1) is 19.3 Å². The molecule has 1 atom stereocenters. The maximum atomic E-state index is 13.4. The van der Waals surface area contributed by atoms with Crippen molar-refractivity contribution in [3.8, 4) is 0 Å². The van der Waals surface area contributed by atoms with Gasteiger partial charge in [-0.15, -0.1) is 12.6 Å². The highest BCUT2D eigenvalue weighted by molar-refractivity contribution is 7.80. The van der Waals surface area contributed by atoms with Gasteiger partial charge in [-0.2, -0.15) is 0 Å². The molecule has 1 aliphatic heterocycles. The molecule has 0 saturated carbocycles. The first-order chi connectivity index (χ1) is 7.75. The van der Waals surface area contributed by atoms with E-state index in [2.05, 4.69) is 12.6 Å². The first kappa shape index (κ1) is 11.9. The molecule has 4 heteroatoms. The summed E-state index contributed by atoms with van der Waals surface area (Å²) in [5, 5.41) is 0. The summed E-state index contributed by atoms with van der Waals surface area (Å²) in [6.07, 6.45) is 2.32. The Balaban J connectivity index is 1.80. The Morgan fingerprint density at radius 1 is 1.50 bits per heavy atom. The second-order valence-electron chi connectivity index (χ2n) is 3.93. The molecule has 1 fully saturated rings. The summed E-state index contributed by atoms with van der Waals surface area (Å²) < 4.78 is 24.2. The van der Waals surface area contributed by atoms with Crippen LogP contribution in [0.25, 0.3) is 0 Å². The third kappa shape index (κ3) is 3.20. The molecule has 88 valence electrons. The quantitative estimate of drug-likeness (QED) is 0.818. The van der Waals surface area contributed by atoms with Gasteiger partial charge in [-0.3, -0.25) is 0 Å². The van der Waals surface area contributed by atoms with E-state index in [9.17, 15) is 4.39 Å². The fraction of sp³-hybridized carbons (Fsp3) is 0.500. The molecule has 0 aliphatic carbocycles. The molecule has 1 aromatic carbocycles. The molecule has 0 spiro atoms. The lowest BCUT2D eigenvalue weighted by atomic mass is 10.2. The molecule has 0 radical (unpaired) electrons. The van der Waals surface area contributed by atoms with E-state index in [0.717, 1.165) is 19.4 Å². The summed E-state index contributed by atoms with van der Waals surface area (Å²) in [5.74, 6) is -0.264. The SMILES string of the molecule is Fc1cc(S)ccc1COC[C@H]1CCCO1. The van der Waals surface area contributed by atoms with Crippen molar-refractivity contribution >= 4 is 12.6 Å². The van der Waals surface area contributed by atoms with Crippen LogP contribution in [0.1, 0.15) is 18.4 Å². The van der Waals surface area contributed by atoms with E-state index in [-0.39, 0.29) is 11.9 Å². The predicted octanol–water partition coefficient (Wildman–Crippen LogP) is 2.81. The first-order valence-electron chi connectivity index (χ1n) is 5.42. The van der Waals surface area contributed by atoms with Gasteiger partial charge in [-0.25, -0.2) is 4.39 Å². The van der Waals surface area contributed by atoms with Crippen molar-refractivity contribution in [1.82, 2.24) is 0 Å². The fourth-order valence-electron chi connectivity index (χ4n) is 1.73. The summed E-state index contributed by atoms with van der Waals surface area (Å²) in [5.41, 5.74) is 0.566. The number of benzene rings is 1. The van der Waals surface area contributed by atoms with Crippen molar-refractivity contribution in [2.75, 3.05) is 13.2 Å². The first-order valence-corrected chi connectivity index (χ1v) is 5.87. The van der Waals surface area contributed by atoms with Crippen LogP contribution in [0.5, 0.6) is 0 Å². The van der Waals surface area contributed by atoms with Crippen molar-refractivity contribution in [2.24, 2.45) is 0 Å². The third-order valence-corrected chi connectivity index (χ3v) is 2.90. The van der Waals surface area contributed by atoms with Crippen LogP contribution in [0.4, 0.5) is 4.39 Å². The zero-order valence-corrected chi connectivity index (χ0v) is 9.88. The van der Waals surface area contributed by atoms with E-state index >= 15 is 0 Å². The normalized spacial score (nSPS) is 20.2. The zero-order chi connectivity index (χ0) is 11.4. The highest BCUT2D eigenvalue weighted by atomic mass is 32.1. The van der Waals surface area contributed by atoms with Crippen LogP contribution in [-0.2, 0) is 16.1 Å². The Labute approximate surface area is 100 Å². The molecule has 2 rings (SSSR count).